The number of hydrogen-bond acceptors (Lipinski definition) is 12. The molecule has 434 valence electrons. The van der Waals surface area contributed by atoms with Gasteiger partial charge in [-0.3, -0.25) is 58.0 Å². The fourth-order valence-electron chi connectivity index (χ4n) is 7.99. The molecule has 0 bridgehead atoms. The molecule has 0 aliphatic carbocycles. The van der Waals surface area contributed by atoms with Crippen molar-refractivity contribution in [2.24, 2.45) is 0 Å². The van der Waals surface area contributed by atoms with Crippen LogP contribution in [0.3, 0.4) is 0 Å². The van der Waals surface area contributed by atoms with E-state index in [0.717, 1.165) is 41.9 Å². The Labute approximate surface area is 501 Å². The summed E-state index contributed by atoms with van der Waals surface area (Å²) in [5, 5.41) is 60.8. The number of nitrogens with zero attached hydrogens (tertiary/aromatic N) is 8. The maximum atomic E-state index is 12.0. The Morgan fingerprint density at radius 1 is 0.341 bits per heavy atom. The van der Waals surface area contributed by atoms with Gasteiger partial charge < -0.3 is 18.9 Å². The predicted octanol–water partition coefficient (Wildman–Crippen LogP) is 1.93. The van der Waals surface area contributed by atoms with Crippen LogP contribution in [0.5, 0.6) is 0 Å². The van der Waals surface area contributed by atoms with Crippen LogP contribution in [0.25, 0.3) is 0 Å². The van der Waals surface area contributed by atoms with E-state index >= 15 is 0 Å². The molecule has 4 aliphatic heterocycles. The van der Waals surface area contributed by atoms with E-state index in [1.807, 2.05) is 121 Å². The Balaban J connectivity index is 0.000000285. The Hall–Kier alpha value is -6.43. The van der Waals surface area contributed by atoms with E-state index in [2.05, 4.69) is 40.2 Å². The number of amides is 4. The number of carbonyl (C=O) groups excluding carboxylic acids is 8. The number of rotatable bonds is 16. The van der Waals surface area contributed by atoms with Crippen LogP contribution in [0.15, 0.2) is 121 Å². The molecule has 4 fully saturated rings. The van der Waals surface area contributed by atoms with Gasteiger partial charge in [-0.15, -0.1) is 0 Å². The summed E-state index contributed by atoms with van der Waals surface area (Å²) in [5.74, 6) is -3.70. The van der Waals surface area contributed by atoms with Gasteiger partial charge in [0.05, 0.1) is 54.6 Å². The van der Waals surface area contributed by atoms with E-state index in [1.165, 1.54) is 28.4 Å². The first-order valence-corrected chi connectivity index (χ1v) is 25.1. The molecule has 4 aromatic rings. The molecule has 4 aromatic carbocycles. The molecule has 4 heterocycles. The first-order chi connectivity index (χ1) is 38.5. The van der Waals surface area contributed by atoms with Crippen LogP contribution in [0.2, 0.25) is 0 Å². The molecule has 8 rings (SSSR count). The number of esters is 4. The van der Waals surface area contributed by atoms with Gasteiger partial charge in [0.2, 0.25) is 23.6 Å². The van der Waals surface area contributed by atoms with E-state index in [1.54, 1.807) is 0 Å². The maximum absolute atomic E-state index is 12.0. The van der Waals surface area contributed by atoms with Gasteiger partial charge in [0.25, 0.3) is 0 Å². The number of benzene rings is 4. The van der Waals surface area contributed by atoms with Crippen LogP contribution in [0, 0.1) is 25.4 Å². The Morgan fingerprint density at radius 3 is 0.671 bits per heavy atom. The van der Waals surface area contributed by atoms with E-state index in [-0.39, 0.29) is 114 Å². The second-order valence-corrected chi connectivity index (χ2v) is 17.8. The molecular weight excluding hydrogens is 1250 g/mol. The molecule has 0 unspecified atom stereocenters. The van der Waals surface area contributed by atoms with Gasteiger partial charge in [-0.05, 0) is 47.9 Å². The van der Waals surface area contributed by atoms with Gasteiger partial charge in [-0.25, -0.2) is 0 Å². The summed E-state index contributed by atoms with van der Waals surface area (Å²) in [7, 11) is 4.90. The van der Waals surface area contributed by atoms with Crippen molar-refractivity contribution >= 4 is 47.5 Å². The van der Waals surface area contributed by atoms with Crippen molar-refractivity contribution in [3.8, 4) is 0 Å². The average Bonchev–Trinajstić information content (AvgIpc) is 4.32. The molecule has 14 radical (unpaired) electrons. The molecule has 0 saturated carbocycles. The van der Waals surface area contributed by atoms with Crippen molar-refractivity contribution in [3.63, 3.8) is 0 Å². The number of carbonyl (C=O) groups is 8. The minimum atomic E-state index is -0.895. The molecular formula is C56H60N8O16Rh2+4. The summed E-state index contributed by atoms with van der Waals surface area (Å²) < 4.78 is 18.1. The zero-order valence-corrected chi connectivity index (χ0v) is 48.4. The van der Waals surface area contributed by atoms with Gasteiger partial charge in [0.15, 0.2) is 0 Å². The van der Waals surface area contributed by atoms with Crippen molar-refractivity contribution in [2.75, 3.05) is 54.6 Å². The van der Waals surface area contributed by atoms with Crippen molar-refractivity contribution in [2.45, 2.75) is 75.5 Å². The van der Waals surface area contributed by atoms with Crippen LogP contribution in [-0.2, 0) is 142 Å². The van der Waals surface area contributed by atoms with Crippen molar-refractivity contribution in [1.82, 2.24) is 40.9 Å². The SMILES string of the molecule is COC(=O)[C@@H]1CN(C(=O)CCc2ccccc2)[C]([O])[N]1.COC(=O)[C@@H]1CN(C(=O)CCc2ccccc2)[C]([O])[N]1.COC(=O)[C@@H]1CN(C(=O)CCc2ccccc2)[C]([O])[N]1.COC(=O)[C@@H]1CN(C(=O)CCc2ccccc2)[C]([O])[N]1.[Rh+2].[Rh+2]. The predicted molar refractivity (Wildman–Crippen MR) is 273 cm³/mol. The van der Waals surface area contributed by atoms with Gasteiger partial charge in [0, 0.05) is 25.7 Å². The monoisotopic (exact) mass is 1310 g/mol. The first kappa shape index (κ1) is 69.8. The van der Waals surface area contributed by atoms with Gasteiger partial charge in [0.1, 0.15) is 24.2 Å². The van der Waals surface area contributed by atoms with Crippen LogP contribution in [0.1, 0.15) is 47.9 Å². The Kier molecular flexibility index (Phi) is 30.8. The molecule has 82 heavy (non-hydrogen) atoms. The topological polar surface area (TPSA) is 322 Å². The van der Waals surface area contributed by atoms with Gasteiger partial charge >= 0.3 is 88.2 Å². The third-order valence-electron chi connectivity index (χ3n) is 12.4. The smallest absolute Gasteiger partial charge is 0.468 e. The molecule has 0 N–H and O–H groups in total. The molecule has 0 spiro atoms. The first-order valence-electron chi connectivity index (χ1n) is 25.1. The summed E-state index contributed by atoms with van der Waals surface area (Å²) in [5.41, 5.74) is 4.09. The summed E-state index contributed by atoms with van der Waals surface area (Å²) in [6.07, 6.45) is 0.350. The van der Waals surface area contributed by atoms with Crippen molar-refractivity contribution < 1.29 is 117 Å². The van der Waals surface area contributed by atoms with Gasteiger partial charge in [-0.1, -0.05) is 121 Å². The second-order valence-electron chi connectivity index (χ2n) is 17.8. The number of aryl methyl sites for hydroxylation is 4. The summed E-state index contributed by atoms with van der Waals surface area (Å²) >= 11 is 0. The fraction of sp³-hybridized carbons (Fsp3) is 0.357. The second kappa shape index (κ2) is 36.2. The third-order valence-corrected chi connectivity index (χ3v) is 12.4. The zero-order valence-electron chi connectivity index (χ0n) is 45.1. The molecule has 24 nitrogen and oxygen atoms in total. The average molecular weight is 1310 g/mol. The standard InChI is InChI=1S/4C14H15N2O4.2Rh/c4*1-20-13(18)11-9-16(14(19)15-11)12(17)8-7-10-5-3-2-4-6-10;;/h4*2-6,11H,7-9H2,1H3;;/q;;;;2*+2/t4*11-;;/m0000../s1. The number of hydrogen-bond donors (Lipinski definition) is 0. The number of ether oxygens (including phenoxy) is 4. The van der Waals surface area contributed by atoms with Crippen LogP contribution >= 0.6 is 0 Å². The van der Waals surface area contributed by atoms with Crippen LogP contribution < -0.4 is 21.3 Å². The van der Waals surface area contributed by atoms with E-state index in [9.17, 15) is 58.8 Å². The fourth-order valence-corrected chi connectivity index (χ4v) is 7.99. The minimum absolute atomic E-state index is 0. The Bertz CT molecular complexity index is 2280. The van der Waals surface area contributed by atoms with E-state index in [0.29, 0.717) is 25.7 Å². The van der Waals surface area contributed by atoms with Gasteiger partial charge in [-0.2, -0.15) is 41.7 Å². The molecule has 4 saturated heterocycles. The van der Waals surface area contributed by atoms with Crippen molar-refractivity contribution in [3.05, 3.63) is 169 Å². The molecule has 4 atom stereocenters. The third kappa shape index (κ3) is 21.7. The van der Waals surface area contributed by atoms with Crippen molar-refractivity contribution in [1.29, 1.82) is 0 Å². The summed E-state index contributed by atoms with van der Waals surface area (Å²) in [6, 6.07) is 34.5. The van der Waals surface area contributed by atoms with Crippen LogP contribution in [0.4, 0.5) is 0 Å². The quantitative estimate of drug-likeness (QED) is 0.0883. The zero-order chi connectivity index (χ0) is 58.1. The largest absolute Gasteiger partial charge is 2.00 e. The van der Waals surface area contributed by atoms with E-state index < -0.39 is 73.5 Å². The normalized spacial score (nSPS) is 18.6. The molecule has 0 aromatic heterocycles. The minimum Gasteiger partial charge on any atom is -0.468 e. The molecule has 4 aliphatic rings. The van der Waals surface area contributed by atoms with E-state index in [4.69, 9.17) is 0 Å². The maximum Gasteiger partial charge on any atom is 2.00 e. The molecule has 26 heteroatoms. The summed E-state index contributed by atoms with van der Waals surface area (Å²) in [6.45, 7) is -0.115. The summed E-state index contributed by atoms with van der Waals surface area (Å²) in [4.78, 5) is 97.1. The molecule has 4 amide bonds. The van der Waals surface area contributed by atoms with Crippen LogP contribution in [-0.4, -0.2) is 146 Å². The Morgan fingerprint density at radius 2 is 0.512 bits per heavy atom. The number of methoxy groups -OCH3 is 4.